The van der Waals surface area contributed by atoms with Crippen LogP contribution in [-0.2, 0) is 22.6 Å². The second-order valence-corrected chi connectivity index (χ2v) is 12.2. The highest BCUT2D eigenvalue weighted by molar-refractivity contribution is 7.91. The number of anilines is 1. The number of hydrogen-bond acceptors (Lipinski definition) is 6. The van der Waals surface area contributed by atoms with Crippen molar-refractivity contribution in [2.24, 2.45) is 5.92 Å². The average molecular weight is 599 g/mol. The smallest absolute Gasteiger partial charge is 0.420 e. The number of amides is 1. The summed E-state index contributed by atoms with van der Waals surface area (Å²) in [5.41, 5.74) is -2.72. The molecule has 0 bridgehead atoms. The number of methoxy groups -OCH3 is 1. The minimum absolute atomic E-state index is 0.0230. The van der Waals surface area contributed by atoms with Gasteiger partial charge in [0, 0.05) is 36.7 Å². The molecule has 1 heterocycles. The van der Waals surface area contributed by atoms with Crippen molar-refractivity contribution in [1.82, 2.24) is 15.1 Å². The first-order valence-electron chi connectivity index (χ1n) is 12.6. The third-order valence-corrected chi connectivity index (χ3v) is 8.71. The molecule has 40 heavy (non-hydrogen) atoms. The number of carbonyl (C=O) groups excluding carboxylic acids is 1. The summed E-state index contributed by atoms with van der Waals surface area (Å²) in [6.07, 6.45) is -6.56. The molecule has 1 saturated carbocycles. The largest absolute Gasteiger partial charge is 0.496 e. The van der Waals surface area contributed by atoms with E-state index in [-0.39, 0.29) is 36.0 Å². The van der Waals surface area contributed by atoms with Crippen LogP contribution in [0.4, 0.5) is 32.0 Å². The number of alkyl halides is 6. The monoisotopic (exact) mass is 598 g/mol. The van der Waals surface area contributed by atoms with Gasteiger partial charge >= 0.3 is 12.4 Å². The van der Waals surface area contributed by atoms with Crippen LogP contribution in [0.2, 0.25) is 0 Å². The number of nitrogens with zero attached hydrogens (tertiary/aromatic N) is 2. The zero-order valence-electron chi connectivity index (χ0n) is 22.4. The molecule has 15 heteroatoms. The summed E-state index contributed by atoms with van der Waals surface area (Å²) in [4.78, 5) is 13.0. The molecule has 2 N–H and O–H groups in total. The van der Waals surface area contributed by atoms with Crippen molar-refractivity contribution in [3.63, 3.8) is 0 Å². The quantitative estimate of drug-likeness (QED) is 0.381. The highest BCUT2D eigenvalue weighted by atomic mass is 32.2. The van der Waals surface area contributed by atoms with Gasteiger partial charge in [0.25, 0.3) is 5.91 Å². The molecular weight excluding hydrogens is 566 g/mol. The van der Waals surface area contributed by atoms with Crippen LogP contribution < -0.4 is 15.4 Å². The van der Waals surface area contributed by atoms with Gasteiger partial charge in [-0.25, -0.2) is 8.42 Å². The molecule has 0 radical (unpaired) electrons. The van der Waals surface area contributed by atoms with Gasteiger partial charge in [0.05, 0.1) is 18.1 Å². The van der Waals surface area contributed by atoms with Crippen LogP contribution in [0.3, 0.4) is 0 Å². The van der Waals surface area contributed by atoms with Crippen LogP contribution in [-0.4, -0.2) is 61.5 Å². The van der Waals surface area contributed by atoms with Crippen molar-refractivity contribution in [2.75, 3.05) is 25.2 Å². The zero-order valence-corrected chi connectivity index (χ0v) is 23.2. The van der Waals surface area contributed by atoms with Crippen LogP contribution >= 0.6 is 0 Å². The van der Waals surface area contributed by atoms with Crippen molar-refractivity contribution >= 4 is 21.4 Å². The molecule has 1 aliphatic carbocycles. The van der Waals surface area contributed by atoms with E-state index in [9.17, 15) is 39.6 Å². The van der Waals surface area contributed by atoms with E-state index in [0.29, 0.717) is 25.7 Å². The Bertz CT molecular complexity index is 1320. The number of hydrogen-bond donors (Lipinski definition) is 2. The maximum Gasteiger partial charge on any atom is 0.420 e. The lowest BCUT2D eigenvalue weighted by Gasteiger charge is -2.27. The summed E-state index contributed by atoms with van der Waals surface area (Å²) < 4.78 is 112. The highest BCUT2D eigenvalue weighted by Gasteiger charge is 2.43. The molecular formula is C25H32F6N4O4S. The Morgan fingerprint density at radius 2 is 1.77 bits per heavy atom. The first kappa shape index (κ1) is 31.6. The van der Waals surface area contributed by atoms with Gasteiger partial charge in [-0.15, -0.1) is 0 Å². The van der Waals surface area contributed by atoms with Crippen LogP contribution in [0.5, 0.6) is 5.75 Å². The lowest BCUT2D eigenvalue weighted by Crippen LogP contribution is -2.34. The van der Waals surface area contributed by atoms with Gasteiger partial charge in [-0.05, 0) is 57.6 Å². The first-order chi connectivity index (χ1) is 18.5. The minimum Gasteiger partial charge on any atom is -0.496 e. The van der Waals surface area contributed by atoms with E-state index in [1.807, 2.05) is 0 Å². The molecule has 0 aliphatic heterocycles. The summed E-state index contributed by atoms with van der Waals surface area (Å²) in [7, 11) is -2.02. The van der Waals surface area contributed by atoms with E-state index in [1.54, 1.807) is 0 Å². The van der Waals surface area contributed by atoms with Crippen LogP contribution in [0.1, 0.15) is 55.6 Å². The molecule has 1 aromatic carbocycles. The fourth-order valence-corrected chi connectivity index (χ4v) is 5.91. The van der Waals surface area contributed by atoms with Gasteiger partial charge in [0.15, 0.2) is 5.69 Å². The Balaban J connectivity index is 1.92. The van der Waals surface area contributed by atoms with E-state index >= 15 is 0 Å². The molecule has 0 spiro atoms. The fourth-order valence-electron chi connectivity index (χ4n) is 4.79. The van der Waals surface area contributed by atoms with Crippen molar-refractivity contribution in [3.8, 4) is 17.0 Å². The molecule has 2 aromatic rings. The van der Waals surface area contributed by atoms with Gasteiger partial charge in [0.1, 0.15) is 27.2 Å². The van der Waals surface area contributed by atoms with Crippen molar-refractivity contribution in [2.45, 2.75) is 69.7 Å². The van der Waals surface area contributed by atoms with Crippen LogP contribution in [0, 0.1) is 5.92 Å². The summed E-state index contributed by atoms with van der Waals surface area (Å²) in [6, 6.07) is 1.61. The number of aromatic nitrogens is 2. The number of halogens is 6. The summed E-state index contributed by atoms with van der Waals surface area (Å²) >= 11 is 0. The number of sulfone groups is 1. The Labute approximate surface area is 228 Å². The Morgan fingerprint density at radius 1 is 1.15 bits per heavy atom. The van der Waals surface area contributed by atoms with Gasteiger partial charge in [-0.1, -0.05) is 0 Å². The normalized spacial score (nSPS) is 19.2. The van der Waals surface area contributed by atoms with E-state index in [0.717, 1.165) is 17.7 Å². The molecule has 1 atom stereocenters. The van der Waals surface area contributed by atoms with E-state index in [4.69, 9.17) is 4.74 Å². The average Bonchev–Trinajstić information content (AvgIpc) is 3.26. The number of rotatable bonds is 9. The maximum absolute atomic E-state index is 14.4. The molecule has 3 rings (SSSR count). The molecule has 8 nitrogen and oxygen atoms in total. The van der Waals surface area contributed by atoms with E-state index in [2.05, 4.69) is 15.7 Å². The van der Waals surface area contributed by atoms with Crippen molar-refractivity contribution < 1.29 is 44.3 Å². The predicted molar refractivity (Wildman–Crippen MR) is 137 cm³/mol. The molecule has 1 amide bonds. The zero-order chi connectivity index (χ0) is 30.0. The van der Waals surface area contributed by atoms with Gasteiger partial charge in [-0.3, -0.25) is 9.48 Å². The predicted octanol–water partition coefficient (Wildman–Crippen LogP) is 5.29. The maximum atomic E-state index is 14.4. The minimum atomic E-state index is -5.00. The summed E-state index contributed by atoms with van der Waals surface area (Å²) in [5.74, 6) is -1.28. The Morgan fingerprint density at radius 3 is 2.27 bits per heavy atom. The molecule has 1 fully saturated rings. The standard InChI is InChI=1S/C25H32F6N4O4S/c1-5-35-22(18-11-8-16(12-19(18)39-3)33-14(2)24(26,27)28)20(25(29,30)31)21(34-35)23(36)32-13-15-6-9-17(10-7-15)40(4,37)38/h8,11-12,14-15,17,33H,5-7,9-10,13H2,1-4H3,(H,32,36)/t14-,15-,17-/m1/s1. The Hall–Kier alpha value is -2.97. The van der Waals surface area contributed by atoms with E-state index in [1.165, 1.54) is 32.4 Å². The molecule has 1 aromatic heterocycles. The van der Waals surface area contributed by atoms with Crippen molar-refractivity contribution in [1.29, 1.82) is 0 Å². The Kier molecular flexibility index (Phi) is 9.36. The molecule has 1 aliphatic rings. The summed E-state index contributed by atoms with van der Waals surface area (Å²) in [5, 5.41) is 8.23. The molecule has 0 unspecified atom stereocenters. The summed E-state index contributed by atoms with van der Waals surface area (Å²) in [6.45, 7) is 2.44. The molecule has 224 valence electrons. The van der Waals surface area contributed by atoms with Gasteiger partial charge in [0.2, 0.25) is 0 Å². The van der Waals surface area contributed by atoms with Crippen LogP contribution in [0.25, 0.3) is 11.3 Å². The third-order valence-electron chi connectivity index (χ3n) is 7.03. The number of carbonyl (C=O) groups is 1. The fraction of sp³-hybridized carbons (Fsp3) is 0.600. The second-order valence-electron chi connectivity index (χ2n) is 9.89. The molecule has 0 saturated heterocycles. The highest BCUT2D eigenvalue weighted by Crippen LogP contribution is 2.43. The van der Waals surface area contributed by atoms with Crippen molar-refractivity contribution in [3.05, 3.63) is 29.5 Å². The van der Waals surface area contributed by atoms with Crippen LogP contribution in [0.15, 0.2) is 18.2 Å². The first-order valence-corrected chi connectivity index (χ1v) is 14.6. The number of benzene rings is 1. The van der Waals surface area contributed by atoms with Gasteiger partial charge in [-0.2, -0.15) is 31.4 Å². The topological polar surface area (TPSA) is 102 Å². The third kappa shape index (κ3) is 7.21. The SMILES string of the molecule is CCn1nc(C(=O)NC[C@H]2CC[C@H](S(C)(=O)=O)CC2)c(C(F)(F)F)c1-c1ccc(N[C@H](C)C(F)(F)F)cc1OC. The number of aryl methyl sites for hydroxylation is 1. The number of nitrogens with one attached hydrogen (secondary N) is 2. The lowest BCUT2D eigenvalue weighted by atomic mass is 9.89. The van der Waals surface area contributed by atoms with Gasteiger partial charge < -0.3 is 15.4 Å². The lowest BCUT2D eigenvalue weighted by molar-refractivity contribution is -0.138. The van der Waals surface area contributed by atoms with E-state index < -0.39 is 56.3 Å². The number of ether oxygens (including phenoxy) is 1. The second kappa shape index (κ2) is 11.9.